The molecule has 2 aromatic rings. The SMILES string of the molecule is O=C(Nc1cccc2ccccc12)[C@@H]1[C@@H](C(=O)[O-])[C@H]2C=C[C@@H]1C2. The van der Waals surface area contributed by atoms with Gasteiger partial charge in [-0.1, -0.05) is 48.6 Å². The first kappa shape index (κ1) is 14.0. The second-order valence-electron chi connectivity index (χ2n) is 6.33. The van der Waals surface area contributed by atoms with Crippen molar-refractivity contribution < 1.29 is 14.7 Å². The Kier molecular flexibility index (Phi) is 3.18. The average molecular weight is 306 g/mol. The van der Waals surface area contributed by atoms with E-state index in [1.165, 1.54) is 0 Å². The molecule has 0 aromatic heterocycles. The Morgan fingerprint density at radius 3 is 2.43 bits per heavy atom. The third kappa shape index (κ3) is 2.22. The molecule has 0 saturated heterocycles. The van der Waals surface area contributed by atoms with E-state index in [4.69, 9.17) is 0 Å². The normalized spacial score (nSPS) is 28.2. The predicted molar refractivity (Wildman–Crippen MR) is 85.3 cm³/mol. The third-order valence-electron chi connectivity index (χ3n) is 5.08. The summed E-state index contributed by atoms with van der Waals surface area (Å²) in [4.78, 5) is 24.2. The first-order chi connectivity index (χ1) is 11.1. The number of amides is 1. The van der Waals surface area contributed by atoms with Crippen LogP contribution < -0.4 is 10.4 Å². The summed E-state index contributed by atoms with van der Waals surface area (Å²) in [5.74, 6) is -2.70. The fraction of sp³-hybridized carbons (Fsp3) is 0.263. The molecule has 1 amide bonds. The van der Waals surface area contributed by atoms with E-state index in [0.717, 1.165) is 22.9 Å². The number of carbonyl (C=O) groups is 2. The number of carboxylic acids is 1. The van der Waals surface area contributed by atoms with Crippen LogP contribution >= 0.6 is 0 Å². The molecule has 0 aliphatic heterocycles. The number of rotatable bonds is 3. The summed E-state index contributed by atoms with van der Waals surface area (Å²) in [6.07, 6.45) is 4.61. The summed E-state index contributed by atoms with van der Waals surface area (Å²) in [6.45, 7) is 0. The average Bonchev–Trinajstić information content (AvgIpc) is 3.16. The Labute approximate surface area is 133 Å². The highest BCUT2D eigenvalue weighted by Gasteiger charge is 2.48. The van der Waals surface area contributed by atoms with E-state index in [1.807, 2.05) is 54.6 Å². The maximum absolute atomic E-state index is 12.7. The number of hydrogen-bond acceptors (Lipinski definition) is 3. The second-order valence-corrected chi connectivity index (χ2v) is 6.33. The van der Waals surface area contributed by atoms with E-state index in [-0.39, 0.29) is 17.7 Å². The number of anilines is 1. The van der Waals surface area contributed by atoms with Crippen molar-refractivity contribution in [2.45, 2.75) is 6.42 Å². The van der Waals surface area contributed by atoms with Gasteiger partial charge in [-0.2, -0.15) is 0 Å². The van der Waals surface area contributed by atoms with Gasteiger partial charge in [0.05, 0.1) is 5.92 Å². The summed E-state index contributed by atoms with van der Waals surface area (Å²) in [5.41, 5.74) is 0.719. The maximum atomic E-state index is 12.7. The van der Waals surface area contributed by atoms with Gasteiger partial charge in [0.1, 0.15) is 0 Å². The van der Waals surface area contributed by atoms with Gasteiger partial charge in [-0.15, -0.1) is 0 Å². The summed E-state index contributed by atoms with van der Waals surface area (Å²) < 4.78 is 0. The fourth-order valence-electron chi connectivity index (χ4n) is 4.05. The number of nitrogens with one attached hydrogen (secondary N) is 1. The van der Waals surface area contributed by atoms with Gasteiger partial charge in [0.15, 0.2) is 0 Å². The first-order valence-corrected chi connectivity index (χ1v) is 7.83. The summed E-state index contributed by atoms with van der Waals surface area (Å²) in [7, 11) is 0. The van der Waals surface area contributed by atoms with Crippen LogP contribution in [-0.4, -0.2) is 11.9 Å². The van der Waals surface area contributed by atoms with Crippen molar-refractivity contribution in [3.05, 3.63) is 54.6 Å². The zero-order valence-corrected chi connectivity index (χ0v) is 12.4. The number of fused-ring (bicyclic) bond motifs is 3. The van der Waals surface area contributed by atoms with Gasteiger partial charge in [-0.25, -0.2) is 0 Å². The van der Waals surface area contributed by atoms with E-state index in [0.29, 0.717) is 0 Å². The largest absolute Gasteiger partial charge is 0.550 e. The topological polar surface area (TPSA) is 69.2 Å². The van der Waals surface area contributed by atoms with Crippen LogP contribution in [0.1, 0.15) is 6.42 Å². The first-order valence-electron chi connectivity index (χ1n) is 7.83. The van der Waals surface area contributed by atoms with Gasteiger partial charge in [0.25, 0.3) is 0 Å². The molecule has 2 aliphatic rings. The molecular weight excluding hydrogens is 290 g/mol. The Hall–Kier alpha value is -2.62. The van der Waals surface area contributed by atoms with Crippen molar-refractivity contribution in [2.24, 2.45) is 23.7 Å². The van der Waals surface area contributed by atoms with E-state index in [1.54, 1.807) is 0 Å². The molecule has 0 spiro atoms. The zero-order valence-electron chi connectivity index (χ0n) is 12.4. The van der Waals surface area contributed by atoms with E-state index in [2.05, 4.69) is 5.32 Å². The van der Waals surface area contributed by atoms with Gasteiger partial charge in [-0.05, 0) is 29.7 Å². The number of carbonyl (C=O) groups excluding carboxylic acids is 2. The molecule has 116 valence electrons. The molecule has 2 aromatic carbocycles. The molecule has 2 aliphatic carbocycles. The van der Waals surface area contributed by atoms with Crippen LogP contribution in [0.5, 0.6) is 0 Å². The molecule has 1 saturated carbocycles. The minimum Gasteiger partial charge on any atom is -0.550 e. The van der Waals surface area contributed by atoms with Crippen molar-refractivity contribution in [3.8, 4) is 0 Å². The van der Waals surface area contributed by atoms with E-state index < -0.39 is 17.8 Å². The summed E-state index contributed by atoms with van der Waals surface area (Å²) in [6, 6.07) is 13.5. The molecule has 1 fully saturated rings. The lowest BCUT2D eigenvalue weighted by Crippen LogP contribution is -2.42. The van der Waals surface area contributed by atoms with E-state index >= 15 is 0 Å². The number of carboxylic acid groups (broad SMARTS) is 1. The highest BCUT2D eigenvalue weighted by atomic mass is 16.4. The quantitative estimate of drug-likeness (QED) is 0.881. The van der Waals surface area contributed by atoms with Crippen molar-refractivity contribution in [2.75, 3.05) is 5.32 Å². The van der Waals surface area contributed by atoms with Gasteiger partial charge in [0, 0.05) is 23.0 Å². The molecule has 1 N–H and O–H groups in total. The zero-order chi connectivity index (χ0) is 16.0. The van der Waals surface area contributed by atoms with Crippen LogP contribution in [0, 0.1) is 23.7 Å². The number of benzene rings is 2. The fourth-order valence-corrected chi connectivity index (χ4v) is 4.05. The van der Waals surface area contributed by atoms with E-state index in [9.17, 15) is 14.7 Å². The molecular formula is C19H16NO3-. The summed E-state index contributed by atoms with van der Waals surface area (Å²) in [5, 5.41) is 16.4. The van der Waals surface area contributed by atoms with Crippen LogP contribution in [0.4, 0.5) is 5.69 Å². The van der Waals surface area contributed by atoms with Gasteiger partial charge in [0.2, 0.25) is 5.91 Å². The van der Waals surface area contributed by atoms with Crippen LogP contribution in [0.25, 0.3) is 10.8 Å². The standard InChI is InChI=1S/C19H17NO3/c21-18(16-12-8-9-13(10-12)17(16)19(22)23)20-15-7-3-5-11-4-1-2-6-14(11)15/h1-9,12-13,16-17H,10H2,(H,20,21)(H,22,23)/p-1/t12-,13+,16+,17+/m1/s1. The Bertz CT molecular complexity index is 821. The lowest BCUT2D eigenvalue weighted by Gasteiger charge is -2.28. The molecule has 4 rings (SSSR count). The highest BCUT2D eigenvalue weighted by molar-refractivity contribution is 6.04. The monoisotopic (exact) mass is 306 g/mol. The smallest absolute Gasteiger partial charge is 0.228 e. The van der Waals surface area contributed by atoms with Crippen molar-refractivity contribution >= 4 is 28.3 Å². The molecule has 4 atom stereocenters. The van der Waals surface area contributed by atoms with Gasteiger partial charge < -0.3 is 15.2 Å². The molecule has 2 bridgehead atoms. The highest BCUT2D eigenvalue weighted by Crippen LogP contribution is 2.48. The molecule has 23 heavy (non-hydrogen) atoms. The van der Waals surface area contributed by atoms with Crippen LogP contribution in [0.15, 0.2) is 54.6 Å². The van der Waals surface area contributed by atoms with Gasteiger partial charge in [-0.3, -0.25) is 4.79 Å². The lowest BCUT2D eigenvalue weighted by molar-refractivity contribution is -0.313. The number of hydrogen-bond donors (Lipinski definition) is 1. The lowest BCUT2D eigenvalue weighted by atomic mass is 9.82. The number of allylic oxidation sites excluding steroid dienone is 2. The third-order valence-corrected chi connectivity index (χ3v) is 5.08. The molecule has 0 heterocycles. The van der Waals surface area contributed by atoms with Crippen LogP contribution in [-0.2, 0) is 9.59 Å². The number of aliphatic carboxylic acids is 1. The van der Waals surface area contributed by atoms with Gasteiger partial charge >= 0.3 is 0 Å². The van der Waals surface area contributed by atoms with Crippen LogP contribution in [0.3, 0.4) is 0 Å². The molecule has 0 unspecified atom stereocenters. The Morgan fingerprint density at radius 2 is 1.65 bits per heavy atom. The Morgan fingerprint density at radius 1 is 0.957 bits per heavy atom. The van der Waals surface area contributed by atoms with Crippen molar-refractivity contribution in [3.63, 3.8) is 0 Å². The van der Waals surface area contributed by atoms with Crippen molar-refractivity contribution in [1.82, 2.24) is 0 Å². The molecule has 0 radical (unpaired) electrons. The maximum Gasteiger partial charge on any atom is 0.228 e. The van der Waals surface area contributed by atoms with Crippen molar-refractivity contribution in [1.29, 1.82) is 0 Å². The Balaban J connectivity index is 1.65. The molecule has 4 nitrogen and oxygen atoms in total. The summed E-state index contributed by atoms with van der Waals surface area (Å²) >= 11 is 0. The second kappa shape index (κ2) is 5.23. The predicted octanol–water partition coefficient (Wildman–Crippen LogP) is 1.97. The van der Waals surface area contributed by atoms with Crippen LogP contribution in [0.2, 0.25) is 0 Å². The minimum atomic E-state index is -1.13. The minimum absolute atomic E-state index is 0.00197. The molecule has 4 heteroatoms.